The lowest BCUT2D eigenvalue weighted by Gasteiger charge is -2.16. The zero-order chi connectivity index (χ0) is 11.3. The van der Waals surface area contributed by atoms with E-state index in [0.29, 0.717) is 6.42 Å². The van der Waals surface area contributed by atoms with Crippen LogP contribution >= 0.6 is 0 Å². The normalized spacial score (nSPS) is 23.1. The van der Waals surface area contributed by atoms with Gasteiger partial charge in [0.2, 0.25) is 5.91 Å². The smallest absolute Gasteiger partial charge is 0.222 e. The largest absolute Gasteiger partial charge is 0.380 e. The van der Waals surface area contributed by atoms with E-state index in [0.717, 1.165) is 32.4 Å². The van der Waals surface area contributed by atoms with E-state index >= 15 is 0 Å². The lowest BCUT2D eigenvalue weighted by molar-refractivity contribution is -0.130. The fourth-order valence-electron chi connectivity index (χ4n) is 1.88. The number of rotatable bonds is 5. The summed E-state index contributed by atoms with van der Waals surface area (Å²) in [5.41, 5.74) is 5.63. The van der Waals surface area contributed by atoms with E-state index in [9.17, 15) is 4.79 Å². The Morgan fingerprint density at radius 3 is 2.93 bits per heavy atom. The highest BCUT2D eigenvalue weighted by Crippen LogP contribution is 2.14. The van der Waals surface area contributed by atoms with Crippen LogP contribution in [0, 0.1) is 0 Å². The van der Waals surface area contributed by atoms with Crippen LogP contribution in [0.15, 0.2) is 0 Å². The van der Waals surface area contributed by atoms with Gasteiger partial charge in [-0.15, -0.1) is 0 Å². The molecular weight excluding hydrogens is 192 g/mol. The van der Waals surface area contributed by atoms with Crippen molar-refractivity contribution in [3.63, 3.8) is 0 Å². The van der Waals surface area contributed by atoms with Gasteiger partial charge in [-0.2, -0.15) is 0 Å². The zero-order valence-electron chi connectivity index (χ0n) is 9.74. The van der Waals surface area contributed by atoms with E-state index in [1.54, 1.807) is 7.11 Å². The highest BCUT2D eigenvalue weighted by molar-refractivity contribution is 5.76. The van der Waals surface area contributed by atoms with E-state index in [-0.39, 0.29) is 18.1 Å². The van der Waals surface area contributed by atoms with Crippen LogP contribution in [0.4, 0.5) is 0 Å². The van der Waals surface area contributed by atoms with Gasteiger partial charge in [0, 0.05) is 32.7 Å². The molecule has 1 fully saturated rings. The number of methoxy groups -OCH3 is 1. The van der Waals surface area contributed by atoms with Gasteiger partial charge in [0.25, 0.3) is 0 Å². The number of nitrogens with two attached hydrogens (primary N) is 1. The fraction of sp³-hybridized carbons (Fsp3) is 0.909. The molecule has 15 heavy (non-hydrogen) atoms. The molecule has 1 aliphatic heterocycles. The molecule has 1 rings (SSSR count). The van der Waals surface area contributed by atoms with Gasteiger partial charge < -0.3 is 15.4 Å². The van der Waals surface area contributed by atoms with E-state index in [4.69, 9.17) is 10.5 Å². The van der Waals surface area contributed by atoms with Gasteiger partial charge in [0.1, 0.15) is 0 Å². The van der Waals surface area contributed by atoms with Gasteiger partial charge in [-0.3, -0.25) is 4.79 Å². The molecule has 4 heteroatoms. The molecule has 4 nitrogen and oxygen atoms in total. The topological polar surface area (TPSA) is 55.6 Å². The Labute approximate surface area is 91.8 Å². The summed E-state index contributed by atoms with van der Waals surface area (Å²) in [7, 11) is 1.70. The molecule has 0 saturated carbocycles. The third-order valence-electron chi connectivity index (χ3n) is 2.88. The first-order valence-corrected chi connectivity index (χ1v) is 5.69. The Balaban J connectivity index is 2.18. The van der Waals surface area contributed by atoms with Gasteiger partial charge >= 0.3 is 0 Å². The van der Waals surface area contributed by atoms with Crippen LogP contribution in [0.3, 0.4) is 0 Å². The molecule has 0 spiro atoms. The summed E-state index contributed by atoms with van der Waals surface area (Å²) >= 11 is 0. The second-order valence-electron chi connectivity index (χ2n) is 4.36. The SMILES string of the molecule is COC1CCN(C(=O)CCCC(C)N)C1. The van der Waals surface area contributed by atoms with Crippen LogP contribution in [0.25, 0.3) is 0 Å². The molecule has 0 aromatic carbocycles. The average molecular weight is 214 g/mol. The number of hydrogen-bond donors (Lipinski definition) is 1. The Morgan fingerprint density at radius 2 is 2.40 bits per heavy atom. The van der Waals surface area contributed by atoms with E-state index in [1.165, 1.54) is 0 Å². The van der Waals surface area contributed by atoms with E-state index in [1.807, 2.05) is 11.8 Å². The lowest BCUT2D eigenvalue weighted by atomic mass is 10.1. The number of amides is 1. The summed E-state index contributed by atoms with van der Waals surface area (Å²) < 4.78 is 5.22. The number of ether oxygens (including phenoxy) is 1. The first-order chi connectivity index (χ1) is 7.13. The maximum Gasteiger partial charge on any atom is 0.222 e. The van der Waals surface area contributed by atoms with Crippen LogP contribution in [0.1, 0.15) is 32.6 Å². The van der Waals surface area contributed by atoms with E-state index < -0.39 is 0 Å². The first kappa shape index (κ1) is 12.5. The van der Waals surface area contributed by atoms with Crippen molar-refractivity contribution in [3.8, 4) is 0 Å². The molecule has 2 unspecified atom stereocenters. The average Bonchev–Trinajstić information content (AvgIpc) is 2.65. The minimum Gasteiger partial charge on any atom is -0.380 e. The fourth-order valence-corrected chi connectivity index (χ4v) is 1.88. The minimum atomic E-state index is 0.197. The van der Waals surface area contributed by atoms with Crippen molar-refractivity contribution < 1.29 is 9.53 Å². The van der Waals surface area contributed by atoms with Gasteiger partial charge in [-0.25, -0.2) is 0 Å². The number of likely N-dealkylation sites (tertiary alicyclic amines) is 1. The van der Waals surface area contributed by atoms with Crippen molar-refractivity contribution in [1.82, 2.24) is 4.90 Å². The molecule has 1 aliphatic rings. The maximum atomic E-state index is 11.7. The van der Waals surface area contributed by atoms with E-state index in [2.05, 4.69) is 0 Å². The van der Waals surface area contributed by atoms with Gasteiger partial charge in [-0.05, 0) is 26.2 Å². The molecule has 1 heterocycles. The second kappa shape index (κ2) is 6.08. The molecule has 0 aromatic rings. The number of carbonyl (C=O) groups excluding carboxylic acids is 1. The Kier molecular flexibility index (Phi) is 5.05. The molecule has 1 amide bonds. The summed E-state index contributed by atoms with van der Waals surface area (Å²) in [4.78, 5) is 13.6. The van der Waals surface area contributed by atoms with Crippen molar-refractivity contribution in [1.29, 1.82) is 0 Å². The Bertz CT molecular complexity index is 207. The lowest BCUT2D eigenvalue weighted by Crippen LogP contribution is -2.30. The van der Waals surface area contributed by atoms with Crippen molar-refractivity contribution in [2.75, 3.05) is 20.2 Å². The van der Waals surface area contributed by atoms with Crippen molar-refractivity contribution in [3.05, 3.63) is 0 Å². The predicted molar refractivity (Wildman–Crippen MR) is 59.5 cm³/mol. The van der Waals surface area contributed by atoms with Crippen LogP contribution in [-0.4, -0.2) is 43.2 Å². The van der Waals surface area contributed by atoms with Crippen LogP contribution in [0.5, 0.6) is 0 Å². The van der Waals surface area contributed by atoms with Crippen molar-refractivity contribution in [2.24, 2.45) is 5.73 Å². The summed E-state index contributed by atoms with van der Waals surface area (Å²) in [6, 6.07) is 0.197. The summed E-state index contributed by atoms with van der Waals surface area (Å²) in [5.74, 6) is 0.246. The monoisotopic (exact) mass is 214 g/mol. The molecule has 0 bridgehead atoms. The number of nitrogens with zero attached hydrogens (tertiary/aromatic N) is 1. The zero-order valence-corrected chi connectivity index (χ0v) is 9.74. The standard InChI is InChI=1S/C11H22N2O2/c1-9(12)4-3-5-11(14)13-7-6-10(8-13)15-2/h9-10H,3-8,12H2,1-2H3. The van der Waals surface area contributed by atoms with Crippen LogP contribution in [0.2, 0.25) is 0 Å². The third-order valence-corrected chi connectivity index (χ3v) is 2.88. The molecule has 0 aliphatic carbocycles. The summed E-state index contributed by atoms with van der Waals surface area (Å²) in [5, 5.41) is 0. The molecule has 88 valence electrons. The number of hydrogen-bond acceptors (Lipinski definition) is 3. The highest BCUT2D eigenvalue weighted by atomic mass is 16.5. The Morgan fingerprint density at radius 1 is 1.67 bits per heavy atom. The quantitative estimate of drug-likeness (QED) is 0.735. The van der Waals surface area contributed by atoms with Gasteiger partial charge in [-0.1, -0.05) is 0 Å². The highest BCUT2D eigenvalue weighted by Gasteiger charge is 2.25. The minimum absolute atomic E-state index is 0.197. The number of carbonyl (C=O) groups is 1. The second-order valence-corrected chi connectivity index (χ2v) is 4.36. The van der Waals surface area contributed by atoms with Crippen LogP contribution < -0.4 is 5.73 Å². The molecule has 0 aromatic heterocycles. The van der Waals surface area contributed by atoms with Crippen molar-refractivity contribution in [2.45, 2.75) is 44.8 Å². The molecule has 0 radical (unpaired) electrons. The predicted octanol–water partition coefficient (Wildman–Crippen LogP) is 0.751. The summed E-state index contributed by atoms with van der Waals surface area (Å²) in [6.07, 6.45) is 3.65. The van der Waals surface area contributed by atoms with Gasteiger partial charge in [0.05, 0.1) is 6.10 Å². The molecule has 2 atom stereocenters. The van der Waals surface area contributed by atoms with Gasteiger partial charge in [0.15, 0.2) is 0 Å². The third kappa shape index (κ3) is 4.18. The summed E-state index contributed by atoms with van der Waals surface area (Å²) in [6.45, 7) is 3.57. The molecular formula is C11H22N2O2. The maximum absolute atomic E-state index is 11.7. The molecule has 2 N–H and O–H groups in total. The molecule has 1 saturated heterocycles. The van der Waals surface area contributed by atoms with Crippen LogP contribution in [-0.2, 0) is 9.53 Å². The first-order valence-electron chi connectivity index (χ1n) is 5.69. The Hall–Kier alpha value is -0.610. The van der Waals surface area contributed by atoms with Crippen molar-refractivity contribution >= 4 is 5.91 Å².